The monoisotopic (exact) mass is 339 g/mol. The van der Waals surface area contributed by atoms with Crippen LogP contribution in [0.4, 0.5) is 5.69 Å². The second-order valence-corrected chi connectivity index (χ2v) is 6.31. The van der Waals surface area contributed by atoms with Crippen LogP contribution >= 0.6 is 0 Å². The van der Waals surface area contributed by atoms with Gasteiger partial charge in [-0.3, -0.25) is 9.78 Å². The summed E-state index contributed by atoms with van der Waals surface area (Å²) in [5.74, 6) is 0.908. The lowest BCUT2D eigenvalue weighted by Gasteiger charge is -2.26. The topological polar surface area (TPSA) is 54.5 Å². The number of carbonyl (C=O) groups excluding carboxylic acids is 1. The third kappa shape index (κ3) is 4.72. The molecule has 0 atom stereocenters. The van der Waals surface area contributed by atoms with Crippen LogP contribution in [0.2, 0.25) is 0 Å². The van der Waals surface area contributed by atoms with Gasteiger partial charge < -0.3 is 15.0 Å². The first-order chi connectivity index (χ1) is 12.3. The van der Waals surface area contributed by atoms with Gasteiger partial charge in [0.25, 0.3) is 5.91 Å². The molecule has 0 aliphatic carbocycles. The molecule has 1 saturated heterocycles. The SMILES string of the molecule is COc1ccc(CCNc2ccnc(C(=O)N3CCCCC3)c2)cc1. The van der Waals surface area contributed by atoms with Gasteiger partial charge in [-0.15, -0.1) is 0 Å². The molecule has 3 rings (SSSR count). The molecule has 0 radical (unpaired) electrons. The van der Waals surface area contributed by atoms with E-state index in [2.05, 4.69) is 22.4 Å². The number of hydrogen-bond donors (Lipinski definition) is 1. The van der Waals surface area contributed by atoms with E-state index in [1.807, 2.05) is 29.2 Å². The number of likely N-dealkylation sites (tertiary alicyclic amines) is 1. The smallest absolute Gasteiger partial charge is 0.272 e. The fraction of sp³-hybridized carbons (Fsp3) is 0.400. The predicted molar refractivity (Wildman–Crippen MR) is 99.2 cm³/mol. The number of piperidine rings is 1. The van der Waals surface area contributed by atoms with Gasteiger partial charge in [0, 0.05) is 31.5 Å². The van der Waals surface area contributed by atoms with Gasteiger partial charge in [0.05, 0.1) is 7.11 Å². The van der Waals surface area contributed by atoms with Gasteiger partial charge in [0.1, 0.15) is 11.4 Å². The van der Waals surface area contributed by atoms with Gasteiger partial charge in [-0.1, -0.05) is 12.1 Å². The molecule has 1 amide bonds. The van der Waals surface area contributed by atoms with Crippen molar-refractivity contribution in [2.24, 2.45) is 0 Å². The maximum Gasteiger partial charge on any atom is 0.272 e. The third-order valence-corrected chi connectivity index (χ3v) is 4.52. The summed E-state index contributed by atoms with van der Waals surface area (Å²) in [4.78, 5) is 18.7. The van der Waals surface area contributed by atoms with Crippen molar-refractivity contribution < 1.29 is 9.53 Å². The van der Waals surface area contributed by atoms with E-state index >= 15 is 0 Å². The van der Waals surface area contributed by atoms with E-state index in [1.54, 1.807) is 13.3 Å². The maximum atomic E-state index is 12.5. The van der Waals surface area contributed by atoms with Gasteiger partial charge in [0.15, 0.2) is 0 Å². The minimum atomic E-state index is 0.0403. The van der Waals surface area contributed by atoms with Gasteiger partial charge >= 0.3 is 0 Å². The van der Waals surface area contributed by atoms with Crippen LogP contribution in [-0.4, -0.2) is 42.5 Å². The first kappa shape index (κ1) is 17.3. The summed E-state index contributed by atoms with van der Waals surface area (Å²) < 4.78 is 5.17. The summed E-state index contributed by atoms with van der Waals surface area (Å²) in [7, 11) is 1.67. The summed E-state index contributed by atoms with van der Waals surface area (Å²) in [6.07, 6.45) is 6.00. The Morgan fingerprint density at radius 3 is 2.64 bits per heavy atom. The number of nitrogens with one attached hydrogen (secondary N) is 1. The summed E-state index contributed by atoms with van der Waals surface area (Å²) in [6, 6.07) is 11.8. The van der Waals surface area contributed by atoms with Crippen LogP contribution < -0.4 is 10.1 Å². The molecule has 0 saturated carbocycles. The Hall–Kier alpha value is -2.56. The number of aromatic nitrogens is 1. The zero-order chi connectivity index (χ0) is 17.5. The molecule has 1 aromatic carbocycles. The highest BCUT2D eigenvalue weighted by Gasteiger charge is 2.19. The van der Waals surface area contributed by atoms with Gasteiger partial charge in [-0.05, 0) is 55.5 Å². The zero-order valence-electron chi connectivity index (χ0n) is 14.7. The second-order valence-electron chi connectivity index (χ2n) is 6.31. The van der Waals surface area contributed by atoms with E-state index in [1.165, 1.54) is 12.0 Å². The summed E-state index contributed by atoms with van der Waals surface area (Å²) >= 11 is 0. The van der Waals surface area contributed by atoms with Crippen LogP contribution in [-0.2, 0) is 6.42 Å². The van der Waals surface area contributed by atoms with Crippen molar-refractivity contribution in [3.63, 3.8) is 0 Å². The summed E-state index contributed by atoms with van der Waals surface area (Å²) in [5.41, 5.74) is 2.70. The number of pyridine rings is 1. The molecule has 2 heterocycles. The number of nitrogens with zero attached hydrogens (tertiary/aromatic N) is 2. The van der Waals surface area contributed by atoms with Gasteiger partial charge in [0.2, 0.25) is 0 Å². The van der Waals surface area contributed by atoms with Crippen molar-refractivity contribution in [2.75, 3.05) is 32.1 Å². The minimum Gasteiger partial charge on any atom is -0.497 e. The van der Waals surface area contributed by atoms with Crippen molar-refractivity contribution in [3.8, 4) is 5.75 Å². The Kier molecular flexibility index (Phi) is 5.88. The standard InChI is InChI=1S/C20H25N3O2/c1-25-18-7-5-16(6-8-18)9-11-21-17-10-12-22-19(15-17)20(24)23-13-3-2-4-14-23/h5-8,10,12,15H,2-4,9,11,13-14H2,1H3,(H,21,22). The van der Waals surface area contributed by atoms with Crippen LogP contribution in [0.1, 0.15) is 35.3 Å². The summed E-state index contributed by atoms with van der Waals surface area (Å²) in [5, 5.41) is 3.38. The number of methoxy groups -OCH3 is 1. The fourth-order valence-corrected chi connectivity index (χ4v) is 3.06. The molecule has 1 aromatic heterocycles. The van der Waals surface area contributed by atoms with Crippen molar-refractivity contribution in [1.82, 2.24) is 9.88 Å². The highest BCUT2D eigenvalue weighted by Crippen LogP contribution is 2.15. The molecule has 5 heteroatoms. The van der Waals surface area contributed by atoms with Gasteiger partial charge in [-0.25, -0.2) is 0 Å². The minimum absolute atomic E-state index is 0.0403. The van der Waals surface area contributed by atoms with E-state index in [0.717, 1.165) is 50.3 Å². The molecule has 0 unspecified atom stereocenters. The van der Waals surface area contributed by atoms with Crippen LogP contribution in [0.15, 0.2) is 42.6 Å². The van der Waals surface area contributed by atoms with Gasteiger partial charge in [-0.2, -0.15) is 0 Å². The first-order valence-corrected chi connectivity index (χ1v) is 8.88. The third-order valence-electron chi connectivity index (χ3n) is 4.52. The Balaban J connectivity index is 1.54. The quantitative estimate of drug-likeness (QED) is 0.877. The van der Waals surface area contributed by atoms with Crippen LogP contribution in [0.5, 0.6) is 5.75 Å². The van der Waals surface area contributed by atoms with E-state index in [-0.39, 0.29) is 5.91 Å². The molecule has 132 valence electrons. The zero-order valence-corrected chi connectivity index (χ0v) is 14.7. The van der Waals surface area contributed by atoms with E-state index in [4.69, 9.17) is 4.74 Å². The Morgan fingerprint density at radius 1 is 1.16 bits per heavy atom. The molecule has 1 aliphatic heterocycles. The Morgan fingerprint density at radius 2 is 1.92 bits per heavy atom. The average molecular weight is 339 g/mol. The van der Waals surface area contributed by atoms with Crippen LogP contribution in [0, 0.1) is 0 Å². The number of rotatable bonds is 6. The fourth-order valence-electron chi connectivity index (χ4n) is 3.06. The van der Waals surface area contributed by atoms with E-state index in [9.17, 15) is 4.79 Å². The molecule has 2 aromatic rings. The average Bonchev–Trinajstić information content (AvgIpc) is 2.69. The predicted octanol–water partition coefficient (Wildman–Crippen LogP) is 3.37. The number of amides is 1. The normalized spacial score (nSPS) is 14.2. The number of ether oxygens (including phenoxy) is 1. The van der Waals surface area contributed by atoms with Crippen molar-refractivity contribution >= 4 is 11.6 Å². The number of benzene rings is 1. The molecule has 25 heavy (non-hydrogen) atoms. The lowest BCUT2D eigenvalue weighted by atomic mass is 10.1. The molecule has 1 aliphatic rings. The lowest BCUT2D eigenvalue weighted by Crippen LogP contribution is -2.36. The highest BCUT2D eigenvalue weighted by molar-refractivity contribution is 5.93. The molecular weight excluding hydrogens is 314 g/mol. The van der Waals surface area contributed by atoms with Crippen LogP contribution in [0.3, 0.4) is 0 Å². The first-order valence-electron chi connectivity index (χ1n) is 8.88. The van der Waals surface area contributed by atoms with Crippen molar-refractivity contribution in [2.45, 2.75) is 25.7 Å². The molecule has 1 fully saturated rings. The van der Waals surface area contributed by atoms with E-state index in [0.29, 0.717) is 5.69 Å². The summed E-state index contributed by atoms with van der Waals surface area (Å²) in [6.45, 7) is 2.49. The number of hydrogen-bond acceptors (Lipinski definition) is 4. The van der Waals surface area contributed by atoms with Crippen molar-refractivity contribution in [3.05, 3.63) is 53.9 Å². The highest BCUT2D eigenvalue weighted by atomic mass is 16.5. The van der Waals surface area contributed by atoms with Crippen molar-refractivity contribution in [1.29, 1.82) is 0 Å². The second kappa shape index (κ2) is 8.51. The Labute approximate surface area is 149 Å². The lowest BCUT2D eigenvalue weighted by molar-refractivity contribution is 0.0718. The largest absolute Gasteiger partial charge is 0.497 e. The number of carbonyl (C=O) groups is 1. The van der Waals surface area contributed by atoms with Crippen LogP contribution in [0.25, 0.3) is 0 Å². The maximum absolute atomic E-state index is 12.5. The molecular formula is C20H25N3O2. The number of anilines is 1. The Bertz CT molecular complexity index is 694. The molecule has 0 bridgehead atoms. The molecule has 1 N–H and O–H groups in total. The molecule has 5 nitrogen and oxygen atoms in total. The van der Waals surface area contributed by atoms with E-state index < -0.39 is 0 Å². The molecule has 0 spiro atoms.